The molecule has 0 atom stereocenters. The Morgan fingerprint density at radius 3 is 2.27 bits per heavy atom. The average Bonchev–Trinajstić information content (AvgIpc) is 2.95. The van der Waals surface area contributed by atoms with E-state index in [1.165, 1.54) is 32.6 Å². The van der Waals surface area contributed by atoms with Gasteiger partial charge in [-0.05, 0) is 29.8 Å². The van der Waals surface area contributed by atoms with Crippen molar-refractivity contribution < 1.29 is 19.0 Å². The highest BCUT2D eigenvalue weighted by molar-refractivity contribution is 5.96. The van der Waals surface area contributed by atoms with Gasteiger partial charge in [-0.2, -0.15) is 5.10 Å². The molecule has 1 aliphatic rings. The number of methoxy groups -OCH3 is 3. The maximum atomic E-state index is 12.5. The smallest absolute Gasteiger partial charge is 0.271 e. The van der Waals surface area contributed by atoms with Crippen molar-refractivity contribution in [3.05, 3.63) is 59.3 Å². The van der Waals surface area contributed by atoms with Crippen LogP contribution in [-0.4, -0.2) is 40.5 Å². The van der Waals surface area contributed by atoms with Crippen LogP contribution in [0.25, 0.3) is 0 Å². The molecule has 7 nitrogen and oxygen atoms in total. The van der Waals surface area contributed by atoms with Crippen molar-refractivity contribution in [1.82, 2.24) is 5.43 Å². The second-order valence-electron chi connectivity index (χ2n) is 7.39. The third kappa shape index (κ3) is 3.70. The quantitative estimate of drug-likeness (QED) is 0.581. The van der Waals surface area contributed by atoms with E-state index < -0.39 is 0 Å². The fourth-order valence-electron chi connectivity index (χ4n) is 3.78. The van der Waals surface area contributed by atoms with E-state index >= 15 is 0 Å². The van der Waals surface area contributed by atoms with E-state index in [1.54, 1.807) is 18.3 Å². The molecule has 1 amide bonds. The van der Waals surface area contributed by atoms with Crippen LogP contribution in [0.5, 0.6) is 17.2 Å². The Kier molecular flexibility index (Phi) is 6.01. The first-order chi connectivity index (χ1) is 14.3. The second kappa shape index (κ2) is 8.49. The topological polar surface area (TPSA) is 72.4 Å². The van der Waals surface area contributed by atoms with Crippen molar-refractivity contribution in [2.75, 3.05) is 33.3 Å². The lowest BCUT2D eigenvalue weighted by atomic mass is 9.84. The van der Waals surface area contributed by atoms with Gasteiger partial charge in [0.15, 0.2) is 11.5 Å². The lowest BCUT2D eigenvalue weighted by Gasteiger charge is -2.23. The monoisotopic (exact) mass is 409 g/mol. The number of carbonyl (C=O) groups is 1. The van der Waals surface area contributed by atoms with E-state index in [4.69, 9.17) is 14.2 Å². The largest absolute Gasteiger partial charge is 0.493 e. The molecule has 2 aromatic carbocycles. The van der Waals surface area contributed by atoms with Crippen LogP contribution >= 0.6 is 0 Å². The molecule has 1 aliphatic heterocycles. The van der Waals surface area contributed by atoms with E-state index in [9.17, 15) is 4.79 Å². The third-order valence-corrected chi connectivity index (χ3v) is 5.34. The molecule has 158 valence electrons. The highest BCUT2D eigenvalue weighted by Crippen LogP contribution is 2.46. The Hall–Kier alpha value is -3.48. The van der Waals surface area contributed by atoms with E-state index in [0.717, 1.165) is 5.70 Å². The molecule has 3 rings (SSSR count). The van der Waals surface area contributed by atoms with E-state index in [-0.39, 0.29) is 11.3 Å². The minimum atomic E-state index is -0.383. The molecule has 0 bridgehead atoms. The fourth-order valence-corrected chi connectivity index (χ4v) is 3.78. The lowest BCUT2D eigenvalue weighted by Crippen LogP contribution is -2.23. The van der Waals surface area contributed by atoms with Gasteiger partial charge in [0, 0.05) is 35.6 Å². The van der Waals surface area contributed by atoms with Crippen LogP contribution in [0, 0.1) is 0 Å². The number of nitrogens with one attached hydrogen (secondary N) is 1. The summed E-state index contributed by atoms with van der Waals surface area (Å²) in [6.45, 7) is 4.34. The number of benzene rings is 2. The normalized spacial score (nSPS) is 15.9. The number of fused-ring (bicyclic) bond motifs is 1. The zero-order chi connectivity index (χ0) is 21.9. The zero-order valence-corrected chi connectivity index (χ0v) is 18.1. The highest BCUT2D eigenvalue weighted by atomic mass is 16.5. The van der Waals surface area contributed by atoms with E-state index in [2.05, 4.69) is 41.4 Å². The first-order valence-corrected chi connectivity index (χ1v) is 9.52. The van der Waals surface area contributed by atoms with Gasteiger partial charge in [0.25, 0.3) is 5.91 Å². The maximum absolute atomic E-state index is 12.5. The van der Waals surface area contributed by atoms with Gasteiger partial charge in [-0.3, -0.25) is 4.79 Å². The Morgan fingerprint density at radius 2 is 1.70 bits per heavy atom. The highest BCUT2D eigenvalue weighted by Gasteiger charge is 2.37. The number of amides is 1. The fraction of sp³-hybridized carbons (Fsp3) is 0.304. The van der Waals surface area contributed by atoms with Crippen LogP contribution < -0.4 is 24.5 Å². The summed E-state index contributed by atoms with van der Waals surface area (Å²) in [5.41, 5.74) is 6.25. The number of anilines is 1. The molecule has 0 saturated carbocycles. The molecule has 0 spiro atoms. The maximum Gasteiger partial charge on any atom is 0.271 e. The van der Waals surface area contributed by atoms with Crippen molar-refractivity contribution in [2.24, 2.45) is 5.10 Å². The number of ether oxygens (including phenoxy) is 3. The number of para-hydroxylation sites is 1. The van der Waals surface area contributed by atoms with Crippen molar-refractivity contribution in [1.29, 1.82) is 0 Å². The number of hydrogen-bond acceptors (Lipinski definition) is 6. The SMILES string of the molecule is COc1cc(C(=O)N/N=C\C=C2\N(C)c3ccccc3C2(C)C)cc(OC)c1OC. The summed E-state index contributed by atoms with van der Waals surface area (Å²) in [4.78, 5) is 14.7. The lowest BCUT2D eigenvalue weighted by molar-refractivity contribution is 0.0954. The van der Waals surface area contributed by atoms with Gasteiger partial charge in [-0.1, -0.05) is 32.0 Å². The number of hydrogen-bond donors (Lipinski definition) is 1. The number of allylic oxidation sites excluding steroid dienone is 2. The van der Waals surface area contributed by atoms with Gasteiger partial charge in [-0.25, -0.2) is 5.43 Å². The summed E-state index contributed by atoms with van der Waals surface area (Å²) in [7, 11) is 6.54. The number of likely N-dealkylation sites (N-methyl/N-ethyl adjacent to an activating group) is 1. The molecule has 0 aromatic heterocycles. The van der Waals surface area contributed by atoms with Gasteiger partial charge in [0.2, 0.25) is 5.75 Å². The molecule has 0 aliphatic carbocycles. The first-order valence-electron chi connectivity index (χ1n) is 9.52. The molecule has 0 fully saturated rings. The molecule has 7 heteroatoms. The van der Waals surface area contributed by atoms with Crippen LogP contribution in [-0.2, 0) is 5.41 Å². The predicted octanol–water partition coefficient (Wildman–Crippen LogP) is 3.74. The summed E-state index contributed by atoms with van der Waals surface area (Å²) >= 11 is 0. The van der Waals surface area contributed by atoms with Crippen molar-refractivity contribution >= 4 is 17.8 Å². The average molecular weight is 409 g/mol. The molecular weight excluding hydrogens is 382 g/mol. The van der Waals surface area contributed by atoms with Crippen LogP contribution in [0.4, 0.5) is 5.69 Å². The Morgan fingerprint density at radius 1 is 1.07 bits per heavy atom. The summed E-state index contributed by atoms with van der Waals surface area (Å²) < 4.78 is 15.9. The number of carbonyl (C=O) groups excluding carboxylic acids is 1. The summed E-state index contributed by atoms with van der Waals surface area (Å²) in [6.07, 6.45) is 3.50. The summed E-state index contributed by atoms with van der Waals surface area (Å²) in [6, 6.07) is 11.5. The number of hydrazone groups is 1. The molecule has 30 heavy (non-hydrogen) atoms. The van der Waals surface area contributed by atoms with Gasteiger partial charge in [0.05, 0.1) is 21.3 Å². The molecule has 0 radical (unpaired) electrons. The minimum Gasteiger partial charge on any atom is -0.493 e. The number of rotatable bonds is 6. The first kappa shape index (κ1) is 21.2. The van der Waals surface area contributed by atoms with Crippen molar-refractivity contribution in [3.63, 3.8) is 0 Å². The molecule has 2 aromatic rings. The van der Waals surface area contributed by atoms with Crippen molar-refractivity contribution in [3.8, 4) is 17.2 Å². The van der Waals surface area contributed by atoms with Crippen LogP contribution in [0.3, 0.4) is 0 Å². The Balaban J connectivity index is 1.77. The Labute approximate surface area is 176 Å². The summed E-state index contributed by atoms with van der Waals surface area (Å²) in [5, 5.41) is 4.09. The molecule has 0 unspecified atom stereocenters. The third-order valence-electron chi connectivity index (χ3n) is 5.34. The van der Waals surface area contributed by atoms with E-state index in [0.29, 0.717) is 22.8 Å². The van der Waals surface area contributed by atoms with Gasteiger partial charge < -0.3 is 19.1 Å². The standard InChI is InChI=1S/C23H27N3O4/c1-23(2)16-9-7-8-10-17(16)26(3)20(23)11-12-24-25-22(27)15-13-18(28-4)21(30-6)19(14-15)29-5/h7-14H,1-6H3,(H,25,27)/b20-11+,24-12-. The molecule has 0 saturated heterocycles. The van der Waals surface area contributed by atoms with Gasteiger partial charge in [0.1, 0.15) is 0 Å². The van der Waals surface area contributed by atoms with Crippen LogP contribution in [0.1, 0.15) is 29.8 Å². The van der Waals surface area contributed by atoms with Crippen molar-refractivity contribution in [2.45, 2.75) is 19.3 Å². The Bertz CT molecular complexity index is 986. The zero-order valence-electron chi connectivity index (χ0n) is 18.1. The molecular formula is C23H27N3O4. The summed E-state index contributed by atoms with van der Waals surface area (Å²) in [5.74, 6) is 0.850. The van der Waals surface area contributed by atoms with E-state index in [1.807, 2.05) is 25.3 Å². The number of nitrogens with zero attached hydrogens (tertiary/aromatic N) is 2. The second-order valence-corrected chi connectivity index (χ2v) is 7.39. The minimum absolute atomic E-state index is 0.155. The molecule has 1 heterocycles. The van der Waals surface area contributed by atoms with Crippen LogP contribution in [0.2, 0.25) is 0 Å². The van der Waals surface area contributed by atoms with Gasteiger partial charge >= 0.3 is 0 Å². The van der Waals surface area contributed by atoms with Crippen LogP contribution in [0.15, 0.2) is 53.3 Å². The predicted molar refractivity (Wildman–Crippen MR) is 118 cm³/mol. The van der Waals surface area contributed by atoms with Gasteiger partial charge in [-0.15, -0.1) is 0 Å². The molecule has 1 N–H and O–H groups in total.